The van der Waals surface area contributed by atoms with Gasteiger partial charge in [-0.05, 0) is 68.0 Å². The first-order valence-electron chi connectivity index (χ1n) is 11.6. The molecule has 176 valence electrons. The molecule has 0 fully saturated rings. The van der Waals surface area contributed by atoms with Crippen molar-refractivity contribution >= 4 is 22.4 Å². The van der Waals surface area contributed by atoms with E-state index in [4.69, 9.17) is 9.72 Å². The van der Waals surface area contributed by atoms with Crippen LogP contribution in [0.25, 0.3) is 22.2 Å². The standard InChI is InChI=1S/C28H33N5O/c1-29-16-7-17-33(20-21-10-15-28(30-19-21)32(2)3)27-18-26(22-11-13-23(34-4)14-12-22)31-25-9-6-5-8-24(25)27/h5-6,8-15,18-19,29H,7,16-17,20H2,1-4H3. The van der Waals surface area contributed by atoms with Gasteiger partial charge < -0.3 is 19.9 Å². The molecule has 34 heavy (non-hydrogen) atoms. The van der Waals surface area contributed by atoms with Gasteiger partial charge in [0.2, 0.25) is 0 Å². The number of para-hydroxylation sites is 1. The molecule has 2 aromatic heterocycles. The molecule has 0 radical (unpaired) electrons. The van der Waals surface area contributed by atoms with E-state index in [-0.39, 0.29) is 0 Å². The summed E-state index contributed by atoms with van der Waals surface area (Å²) in [6, 6.07) is 22.9. The fourth-order valence-corrected chi connectivity index (χ4v) is 4.05. The number of nitrogens with one attached hydrogen (secondary N) is 1. The van der Waals surface area contributed by atoms with E-state index in [0.29, 0.717) is 0 Å². The minimum absolute atomic E-state index is 0.778. The monoisotopic (exact) mass is 455 g/mol. The highest BCUT2D eigenvalue weighted by Crippen LogP contribution is 2.32. The van der Waals surface area contributed by atoms with Gasteiger partial charge >= 0.3 is 0 Å². The SMILES string of the molecule is CNCCCN(Cc1ccc(N(C)C)nc1)c1cc(-c2ccc(OC)cc2)nc2ccccc12. The largest absolute Gasteiger partial charge is 0.497 e. The molecule has 4 rings (SSSR count). The maximum Gasteiger partial charge on any atom is 0.127 e. The molecule has 0 unspecified atom stereocenters. The predicted molar refractivity (Wildman–Crippen MR) is 142 cm³/mol. The Morgan fingerprint density at radius 1 is 0.971 bits per heavy atom. The first-order valence-corrected chi connectivity index (χ1v) is 11.6. The highest BCUT2D eigenvalue weighted by molar-refractivity contribution is 5.94. The van der Waals surface area contributed by atoms with Crippen LogP contribution in [0.5, 0.6) is 5.75 Å². The summed E-state index contributed by atoms with van der Waals surface area (Å²) in [7, 11) is 7.70. The summed E-state index contributed by atoms with van der Waals surface area (Å²) in [6.45, 7) is 2.66. The lowest BCUT2D eigenvalue weighted by molar-refractivity contribution is 0.415. The molecule has 0 spiro atoms. The molecular formula is C28H33N5O. The van der Waals surface area contributed by atoms with Gasteiger partial charge in [-0.2, -0.15) is 0 Å². The minimum atomic E-state index is 0.778. The van der Waals surface area contributed by atoms with Crippen molar-refractivity contribution in [2.75, 3.05) is 51.1 Å². The molecule has 2 heterocycles. The number of hydrogen-bond donors (Lipinski definition) is 1. The summed E-state index contributed by atoms with van der Waals surface area (Å²) in [5.41, 5.74) is 5.38. The first-order chi connectivity index (χ1) is 16.6. The topological polar surface area (TPSA) is 53.5 Å². The number of pyridine rings is 2. The van der Waals surface area contributed by atoms with E-state index in [1.165, 1.54) is 11.3 Å². The first kappa shape index (κ1) is 23.5. The normalized spacial score (nSPS) is 10.9. The van der Waals surface area contributed by atoms with E-state index < -0.39 is 0 Å². The van der Waals surface area contributed by atoms with Gasteiger partial charge in [0.1, 0.15) is 11.6 Å². The van der Waals surface area contributed by atoms with Crippen LogP contribution in [0, 0.1) is 0 Å². The Balaban J connectivity index is 1.75. The third-order valence-electron chi connectivity index (χ3n) is 5.92. The molecule has 0 atom stereocenters. The summed E-state index contributed by atoms with van der Waals surface area (Å²) >= 11 is 0. The Bertz CT molecular complexity index is 1210. The summed E-state index contributed by atoms with van der Waals surface area (Å²) in [6.07, 6.45) is 3.02. The number of benzene rings is 2. The van der Waals surface area contributed by atoms with Gasteiger partial charge in [0, 0.05) is 50.0 Å². The molecule has 2 aromatic carbocycles. The van der Waals surface area contributed by atoms with Crippen LogP contribution in [0.4, 0.5) is 11.5 Å². The zero-order valence-corrected chi connectivity index (χ0v) is 20.5. The summed E-state index contributed by atoms with van der Waals surface area (Å²) in [5.74, 6) is 1.80. The molecule has 0 aliphatic heterocycles. The lowest BCUT2D eigenvalue weighted by atomic mass is 10.1. The maximum absolute atomic E-state index is 5.34. The lowest BCUT2D eigenvalue weighted by Crippen LogP contribution is -2.27. The highest BCUT2D eigenvalue weighted by atomic mass is 16.5. The molecule has 0 aliphatic carbocycles. The van der Waals surface area contributed by atoms with Gasteiger partial charge in [0.25, 0.3) is 0 Å². The van der Waals surface area contributed by atoms with E-state index >= 15 is 0 Å². The Morgan fingerprint density at radius 3 is 2.44 bits per heavy atom. The van der Waals surface area contributed by atoms with Crippen LogP contribution in [-0.2, 0) is 6.54 Å². The number of methoxy groups -OCH3 is 1. The number of anilines is 2. The third-order valence-corrected chi connectivity index (χ3v) is 5.92. The van der Waals surface area contributed by atoms with E-state index in [0.717, 1.165) is 59.8 Å². The second-order valence-electron chi connectivity index (χ2n) is 8.57. The van der Waals surface area contributed by atoms with Gasteiger partial charge in [-0.25, -0.2) is 9.97 Å². The zero-order chi connectivity index (χ0) is 23.9. The Hall–Kier alpha value is -3.64. The Labute approximate surface area is 202 Å². The molecule has 0 aliphatic rings. The number of nitrogens with zero attached hydrogens (tertiary/aromatic N) is 4. The fourth-order valence-electron chi connectivity index (χ4n) is 4.05. The van der Waals surface area contributed by atoms with Crippen LogP contribution in [0.3, 0.4) is 0 Å². The number of ether oxygens (including phenoxy) is 1. The van der Waals surface area contributed by atoms with E-state index in [2.05, 4.69) is 63.7 Å². The highest BCUT2D eigenvalue weighted by Gasteiger charge is 2.15. The molecule has 6 heteroatoms. The second-order valence-corrected chi connectivity index (χ2v) is 8.57. The maximum atomic E-state index is 5.34. The van der Waals surface area contributed by atoms with Crippen molar-refractivity contribution in [2.24, 2.45) is 0 Å². The summed E-state index contributed by atoms with van der Waals surface area (Å²) in [4.78, 5) is 14.1. The molecule has 0 bridgehead atoms. The molecule has 0 saturated heterocycles. The van der Waals surface area contributed by atoms with Crippen molar-refractivity contribution in [3.8, 4) is 17.0 Å². The molecule has 0 amide bonds. The Kier molecular flexibility index (Phi) is 7.60. The smallest absolute Gasteiger partial charge is 0.127 e. The van der Waals surface area contributed by atoms with Crippen molar-refractivity contribution < 1.29 is 4.74 Å². The number of aromatic nitrogens is 2. The van der Waals surface area contributed by atoms with Crippen LogP contribution in [0.15, 0.2) is 72.9 Å². The van der Waals surface area contributed by atoms with Gasteiger partial charge in [0.05, 0.1) is 18.3 Å². The zero-order valence-electron chi connectivity index (χ0n) is 20.5. The van der Waals surface area contributed by atoms with E-state index in [1.807, 2.05) is 50.4 Å². The van der Waals surface area contributed by atoms with Crippen LogP contribution in [-0.4, -0.2) is 51.3 Å². The number of fused-ring (bicyclic) bond motifs is 1. The van der Waals surface area contributed by atoms with Crippen molar-refractivity contribution in [1.29, 1.82) is 0 Å². The molecule has 1 N–H and O–H groups in total. The van der Waals surface area contributed by atoms with Gasteiger partial charge in [-0.3, -0.25) is 0 Å². The van der Waals surface area contributed by atoms with Gasteiger partial charge in [-0.1, -0.05) is 24.3 Å². The molecular weight excluding hydrogens is 422 g/mol. The van der Waals surface area contributed by atoms with Crippen molar-refractivity contribution in [1.82, 2.24) is 15.3 Å². The van der Waals surface area contributed by atoms with Gasteiger partial charge in [0.15, 0.2) is 0 Å². The lowest BCUT2D eigenvalue weighted by Gasteiger charge is -2.27. The van der Waals surface area contributed by atoms with Crippen LogP contribution >= 0.6 is 0 Å². The van der Waals surface area contributed by atoms with Gasteiger partial charge in [-0.15, -0.1) is 0 Å². The number of hydrogen-bond acceptors (Lipinski definition) is 6. The van der Waals surface area contributed by atoms with E-state index in [1.54, 1.807) is 7.11 Å². The second kappa shape index (κ2) is 11.0. The average Bonchev–Trinajstić information content (AvgIpc) is 2.88. The predicted octanol–water partition coefficient (Wildman–Crippen LogP) is 4.99. The van der Waals surface area contributed by atoms with Crippen LogP contribution in [0.2, 0.25) is 0 Å². The molecule has 0 saturated carbocycles. The fraction of sp³-hybridized carbons (Fsp3) is 0.286. The third kappa shape index (κ3) is 5.46. The summed E-state index contributed by atoms with van der Waals surface area (Å²) < 4.78 is 5.34. The quantitative estimate of drug-likeness (QED) is 0.340. The Morgan fingerprint density at radius 2 is 1.76 bits per heavy atom. The van der Waals surface area contributed by atoms with Crippen molar-refractivity contribution in [3.63, 3.8) is 0 Å². The number of rotatable bonds is 10. The van der Waals surface area contributed by atoms with Crippen molar-refractivity contribution in [3.05, 3.63) is 78.5 Å². The minimum Gasteiger partial charge on any atom is -0.497 e. The van der Waals surface area contributed by atoms with Crippen LogP contribution < -0.4 is 19.9 Å². The molecule has 6 nitrogen and oxygen atoms in total. The average molecular weight is 456 g/mol. The summed E-state index contributed by atoms with van der Waals surface area (Å²) in [5, 5.41) is 4.43. The van der Waals surface area contributed by atoms with Crippen LogP contribution in [0.1, 0.15) is 12.0 Å². The van der Waals surface area contributed by atoms with E-state index in [9.17, 15) is 0 Å². The van der Waals surface area contributed by atoms with Crippen molar-refractivity contribution in [2.45, 2.75) is 13.0 Å². The molecule has 4 aromatic rings.